The van der Waals surface area contributed by atoms with Gasteiger partial charge in [-0.05, 0) is 57.4 Å². The number of ether oxygens (including phenoxy) is 5. The molecule has 2 fully saturated rings. The molecule has 0 aromatic carbocycles. The van der Waals surface area contributed by atoms with Crippen molar-refractivity contribution in [3.05, 3.63) is 11.6 Å². The van der Waals surface area contributed by atoms with Crippen LogP contribution < -0.4 is 0 Å². The highest BCUT2D eigenvalue weighted by Crippen LogP contribution is 2.58. The monoisotopic (exact) mass is 522 g/mol. The molecule has 208 valence electrons. The van der Waals surface area contributed by atoms with Crippen molar-refractivity contribution in [2.45, 2.75) is 117 Å². The van der Waals surface area contributed by atoms with Gasteiger partial charge in [-0.2, -0.15) is 0 Å². The molecule has 0 aromatic heterocycles. The zero-order valence-electron chi connectivity index (χ0n) is 23.5. The van der Waals surface area contributed by atoms with Gasteiger partial charge in [0.05, 0.1) is 6.10 Å². The Bertz CT molecular complexity index is 955. The minimum atomic E-state index is -1.20. The highest BCUT2D eigenvalue weighted by atomic mass is 16.6. The molecule has 0 aromatic rings. The summed E-state index contributed by atoms with van der Waals surface area (Å²) in [4.78, 5) is 48.8. The molecule has 9 atom stereocenters. The molecule has 2 bridgehead atoms. The van der Waals surface area contributed by atoms with Gasteiger partial charge < -0.3 is 23.7 Å². The van der Waals surface area contributed by atoms with Gasteiger partial charge in [-0.3, -0.25) is 19.2 Å². The minimum Gasteiger partial charge on any atom is -0.458 e. The van der Waals surface area contributed by atoms with E-state index >= 15 is 0 Å². The first-order valence-electron chi connectivity index (χ1n) is 13.2. The Morgan fingerprint density at radius 1 is 0.946 bits per heavy atom. The van der Waals surface area contributed by atoms with E-state index < -0.39 is 65.4 Å². The van der Waals surface area contributed by atoms with Crippen LogP contribution in [0.2, 0.25) is 0 Å². The van der Waals surface area contributed by atoms with Crippen molar-refractivity contribution in [3.8, 4) is 0 Å². The molecule has 3 rings (SSSR count). The summed E-state index contributed by atoms with van der Waals surface area (Å²) in [6.07, 6.45) is 0.967. The Labute approximate surface area is 219 Å². The van der Waals surface area contributed by atoms with Crippen molar-refractivity contribution in [2.24, 2.45) is 23.7 Å². The van der Waals surface area contributed by atoms with Crippen LogP contribution in [0.3, 0.4) is 0 Å². The molecule has 9 heteroatoms. The fourth-order valence-electron chi connectivity index (χ4n) is 6.97. The Balaban J connectivity index is 2.25. The highest BCUT2D eigenvalue weighted by molar-refractivity contribution is 5.68. The molecule has 3 aliphatic rings. The van der Waals surface area contributed by atoms with Crippen LogP contribution in [0, 0.1) is 23.7 Å². The van der Waals surface area contributed by atoms with Crippen molar-refractivity contribution in [1.29, 1.82) is 0 Å². The number of carbonyl (C=O) groups is 4. The van der Waals surface area contributed by atoms with E-state index in [9.17, 15) is 19.2 Å². The Kier molecular flexibility index (Phi) is 8.47. The molecule has 1 saturated carbocycles. The molecule has 0 radical (unpaired) electrons. The maximum absolute atomic E-state index is 12.4. The van der Waals surface area contributed by atoms with Crippen LogP contribution in [0.4, 0.5) is 0 Å². The smallest absolute Gasteiger partial charge is 0.303 e. The largest absolute Gasteiger partial charge is 0.458 e. The summed E-state index contributed by atoms with van der Waals surface area (Å²) in [5.41, 5.74) is -1.43. The van der Waals surface area contributed by atoms with Crippen LogP contribution in [0.15, 0.2) is 11.6 Å². The van der Waals surface area contributed by atoms with Crippen LogP contribution in [0.5, 0.6) is 0 Å². The second-order valence-corrected chi connectivity index (χ2v) is 11.6. The summed E-state index contributed by atoms with van der Waals surface area (Å²) in [5.74, 6) is -2.15. The van der Waals surface area contributed by atoms with Crippen LogP contribution in [0.25, 0.3) is 0 Å². The molecule has 37 heavy (non-hydrogen) atoms. The maximum Gasteiger partial charge on any atom is 0.303 e. The van der Waals surface area contributed by atoms with Crippen molar-refractivity contribution in [3.63, 3.8) is 0 Å². The van der Waals surface area contributed by atoms with Gasteiger partial charge in [-0.25, -0.2) is 0 Å². The third-order valence-corrected chi connectivity index (χ3v) is 8.36. The molecule has 9 nitrogen and oxygen atoms in total. The van der Waals surface area contributed by atoms with Crippen LogP contribution in [0.1, 0.15) is 81.6 Å². The van der Waals surface area contributed by atoms with E-state index in [2.05, 4.69) is 13.8 Å². The number of carbonyl (C=O) groups excluding carboxylic acids is 4. The first kappa shape index (κ1) is 29.1. The van der Waals surface area contributed by atoms with E-state index in [1.807, 2.05) is 19.9 Å². The van der Waals surface area contributed by atoms with Gasteiger partial charge in [0.15, 0.2) is 5.60 Å². The summed E-state index contributed by atoms with van der Waals surface area (Å²) in [7, 11) is 0. The Morgan fingerprint density at radius 3 is 2.05 bits per heavy atom. The number of esters is 4. The lowest BCUT2D eigenvalue weighted by Crippen LogP contribution is -2.63. The third kappa shape index (κ3) is 5.86. The van der Waals surface area contributed by atoms with Gasteiger partial charge in [0.1, 0.15) is 23.9 Å². The second kappa shape index (κ2) is 10.8. The maximum atomic E-state index is 12.4. The first-order chi connectivity index (χ1) is 17.1. The molecular formula is C28H42O9. The molecule has 0 spiro atoms. The predicted octanol–water partition coefficient (Wildman–Crippen LogP) is 3.91. The summed E-state index contributed by atoms with van der Waals surface area (Å²) >= 11 is 0. The van der Waals surface area contributed by atoms with Crippen LogP contribution in [-0.4, -0.2) is 59.5 Å². The van der Waals surface area contributed by atoms with Gasteiger partial charge in [0.25, 0.3) is 0 Å². The van der Waals surface area contributed by atoms with E-state index in [0.29, 0.717) is 19.3 Å². The summed E-state index contributed by atoms with van der Waals surface area (Å²) < 4.78 is 30.2. The number of hydrogen-bond donors (Lipinski definition) is 0. The van der Waals surface area contributed by atoms with E-state index in [0.717, 1.165) is 5.57 Å². The molecule has 0 N–H and O–H groups in total. The zero-order chi connectivity index (χ0) is 27.9. The second-order valence-electron chi connectivity index (χ2n) is 11.6. The van der Waals surface area contributed by atoms with Crippen molar-refractivity contribution < 1.29 is 42.9 Å². The van der Waals surface area contributed by atoms with E-state index in [1.54, 1.807) is 6.92 Å². The van der Waals surface area contributed by atoms with E-state index in [1.165, 1.54) is 27.7 Å². The lowest BCUT2D eigenvalue weighted by Gasteiger charge is -2.53. The predicted molar refractivity (Wildman–Crippen MR) is 133 cm³/mol. The number of rotatable bonds is 5. The van der Waals surface area contributed by atoms with Crippen molar-refractivity contribution in [1.82, 2.24) is 0 Å². The zero-order valence-corrected chi connectivity index (χ0v) is 23.5. The molecule has 2 aliphatic heterocycles. The molecule has 1 aliphatic carbocycles. The SMILES string of the molecule is CC(=O)OC1CCC(C)(OC(C)=O)C2OC(C=C1C)C1C2C(C(C)C)CC(OC(C)=O)C1(C)OC(C)=O. The summed E-state index contributed by atoms with van der Waals surface area (Å²) in [5, 5.41) is 0. The average Bonchev–Trinajstić information content (AvgIpc) is 3.13. The van der Waals surface area contributed by atoms with E-state index in [4.69, 9.17) is 23.7 Å². The average molecular weight is 523 g/mol. The standard InChI is InChI=1S/C28H42O9/c1-14(2)20-13-23(34-17(5)30)28(9,37-19(7)32)25-22-12-15(3)21(33-16(4)29)10-11-27(8,36-18(6)31)26(35-22)24(20)25/h12,14,20-26H,10-11,13H2,1-9H3. The fourth-order valence-corrected chi connectivity index (χ4v) is 6.97. The van der Waals surface area contributed by atoms with Gasteiger partial charge in [0.2, 0.25) is 0 Å². The van der Waals surface area contributed by atoms with Crippen molar-refractivity contribution >= 4 is 23.9 Å². The lowest BCUT2D eigenvalue weighted by atomic mass is 9.56. The van der Waals surface area contributed by atoms with Gasteiger partial charge in [-0.15, -0.1) is 0 Å². The number of fused-ring (bicyclic) bond motifs is 5. The molecule has 1 saturated heterocycles. The number of hydrogen-bond acceptors (Lipinski definition) is 9. The lowest BCUT2D eigenvalue weighted by molar-refractivity contribution is -0.215. The minimum absolute atomic E-state index is 0.0280. The van der Waals surface area contributed by atoms with Gasteiger partial charge >= 0.3 is 23.9 Å². The van der Waals surface area contributed by atoms with Crippen molar-refractivity contribution in [2.75, 3.05) is 0 Å². The fraction of sp³-hybridized carbons (Fsp3) is 0.786. The molecular weight excluding hydrogens is 480 g/mol. The summed E-state index contributed by atoms with van der Waals surface area (Å²) in [6, 6.07) is 0. The molecule has 9 unspecified atom stereocenters. The van der Waals surface area contributed by atoms with Gasteiger partial charge in [-0.1, -0.05) is 19.9 Å². The molecule has 0 amide bonds. The van der Waals surface area contributed by atoms with Crippen LogP contribution in [-0.2, 0) is 42.9 Å². The topological polar surface area (TPSA) is 114 Å². The Hall–Kier alpha value is -2.42. The molecule has 2 heterocycles. The van der Waals surface area contributed by atoms with E-state index in [-0.39, 0.29) is 17.8 Å². The summed E-state index contributed by atoms with van der Waals surface area (Å²) in [6.45, 7) is 15.2. The Morgan fingerprint density at radius 2 is 1.54 bits per heavy atom. The third-order valence-electron chi connectivity index (χ3n) is 8.36. The highest BCUT2D eigenvalue weighted by Gasteiger charge is 2.67. The quantitative estimate of drug-likeness (QED) is 0.301. The normalized spacial score (nSPS) is 39.3. The first-order valence-corrected chi connectivity index (χ1v) is 13.2. The van der Waals surface area contributed by atoms with Crippen LogP contribution >= 0.6 is 0 Å². The van der Waals surface area contributed by atoms with Gasteiger partial charge in [0, 0.05) is 39.5 Å².